The first-order valence-corrected chi connectivity index (χ1v) is 10.4. The molecule has 0 spiro atoms. The van der Waals surface area contributed by atoms with Crippen molar-refractivity contribution in [1.29, 1.82) is 0 Å². The molecule has 0 unspecified atom stereocenters. The van der Waals surface area contributed by atoms with Gasteiger partial charge < -0.3 is 10.6 Å². The predicted molar refractivity (Wildman–Crippen MR) is 107 cm³/mol. The monoisotopic (exact) mass is 384 g/mol. The van der Waals surface area contributed by atoms with E-state index in [9.17, 15) is 4.79 Å². The van der Waals surface area contributed by atoms with Crippen molar-refractivity contribution in [2.75, 3.05) is 11.9 Å². The fourth-order valence-corrected chi connectivity index (χ4v) is 4.22. The maximum atomic E-state index is 12.3. The third-order valence-corrected chi connectivity index (χ3v) is 5.92. The molecule has 142 valence electrons. The van der Waals surface area contributed by atoms with Gasteiger partial charge in [0.25, 0.3) is 0 Å². The van der Waals surface area contributed by atoms with Crippen LogP contribution >= 0.6 is 11.3 Å². The maximum absolute atomic E-state index is 12.3. The van der Waals surface area contributed by atoms with E-state index in [1.165, 1.54) is 24.1 Å². The van der Waals surface area contributed by atoms with Crippen LogP contribution in [0.2, 0.25) is 0 Å². The fourth-order valence-electron chi connectivity index (χ4n) is 3.58. The second kappa shape index (κ2) is 8.47. The van der Waals surface area contributed by atoms with Crippen LogP contribution in [-0.4, -0.2) is 32.2 Å². The Morgan fingerprint density at radius 1 is 1.26 bits per heavy atom. The molecule has 1 aliphatic rings. The highest BCUT2D eigenvalue weighted by molar-refractivity contribution is 7.09. The van der Waals surface area contributed by atoms with Crippen LogP contribution in [-0.2, 0) is 17.9 Å². The van der Waals surface area contributed by atoms with Gasteiger partial charge in [-0.3, -0.25) is 4.79 Å². The number of aromatic nitrogens is 4. The minimum atomic E-state index is 0.180. The van der Waals surface area contributed by atoms with E-state index < -0.39 is 0 Å². The molecule has 0 atom stereocenters. The van der Waals surface area contributed by atoms with Crippen LogP contribution in [0.4, 0.5) is 5.82 Å². The summed E-state index contributed by atoms with van der Waals surface area (Å²) >= 11 is 1.71. The Labute approximate surface area is 162 Å². The van der Waals surface area contributed by atoms with Gasteiger partial charge in [0, 0.05) is 17.3 Å². The normalized spacial score (nSPS) is 15.1. The molecule has 7 nitrogen and oxygen atoms in total. The molecule has 0 aliphatic heterocycles. The zero-order chi connectivity index (χ0) is 18.5. The second-order valence-electron chi connectivity index (χ2n) is 6.89. The minimum absolute atomic E-state index is 0.180. The van der Waals surface area contributed by atoms with E-state index >= 15 is 0 Å². The van der Waals surface area contributed by atoms with Gasteiger partial charge in [0.2, 0.25) is 5.91 Å². The van der Waals surface area contributed by atoms with Crippen molar-refractivity contribution < 1.29 is 4.79 Å². The Kier molecular flexibility index (Phi) is 5.62. The Morgan fingerprint density at radius 2 is 2.15 bits per heavy atom. The maximum Gasteiger partial charge on any atom is 0.223 e. The summed E-state index contributed by atoms with van der Waals surface area (Å²) in [6.45, 7) is 1.89. The lowest BCUT2D eigenvalue weighted by atomic mass is 9.89. The molecule has 2 N–H and O–H groups in total. The van der Waals surface area contributed by atoms with Crippen LogP contribution in [0.15, 0.2) is 30.0 Å². The summed E-state index contributed by atoms with van der Waals surface area (Å²) in [4.78, 5) is 22.2. The van der Waals surface area contributed by atoms with Crippen molar-refractivity contribution in [2.24, 2.45) is 5.92 Å². The van der Waals surface area contributed by atoms with Crippen molar-refractivity contribution >= 4 is 34.1 Å². The van der Waals surface area contributed by atoms with E-state index in [0.29, 0.717) is 13.1 Å². The summed E-state index contributed by atoms with van der Waals surface area (Å²) in [5.74, 6) is 1.15. The summed E-state index contributed by atoms with van der Waals surface area (Å²) in [5, 5.41) is 13.8. The van der Waals surface area contributed by atoms with Crippen LogP contribution in [0.3, 0.4) is 0 Å². The molecular formula is C19H24N6OS. The largest absolute Gasteiger partial charge is 0.364 e. The van der Waals surface area contributed by atoms with Gasteiger partial charge in [-0.1, -0.05) is 25.3 Å². The van der Waals surface area contributed by atoms with Gasteiger partial charge in [0.05, 0.1) is 24.7 Å². The van der Waals surface area contributed by atoms with Crippen LogP contribution in [0.25, 0.3) is 11.0 Å². The number of nitrogens with zero attached hydrogens (tertiary/aromatic N) is 4. The highest BCUT2D eigenvalue weighted by atomic mass is 32.1. The van der Waals surface area contributed by atoms with Gasteiger partial charge in [0.1, 0.15) is 12.1 Å². The van der Waals surface area contributed by atoms with Gasteiger partial charge in [-0.15, -0.1) is 11.3 Å². The minimum Gasteiger partial charge on any atom is -0.364 e. The average Bonchev–Trinajstić information content (AvgIpc) is 3.37. The number of amides is 1. The highest BCUT2D eigenvalue weighted by Crippen LogP contribution is 2.23. The third kappa shape index (κ3) is 4.27. The molecule has 4 rings (SSSR count). The first kappa shape index (κ1) is 17.9. The van der Waals surface area contributed by atoms with Crippen LogP contribution < -0.4 is 10.6 Å². The molecule has 27 heavy (non-hydrogen) atoms. The van der Waals surface area contributed by atoms with E-state index in [1.54, 1.807) is 23.9 Å². The van der Waals surface area contributed by atoms with E-state index in [1.807, 2.05) is 10.7 Å². The number of anilines is 1. The van der Waals surface area contributed by atoms with Crippen LogP contribution in [0.5, 0.6) is 0 Å². The van der Waals surface area contributed by atoms with E-state index in [0.717, 1.165) is 36.2 Å². The molecule has 3 aromatic heterocycles. The average molecular weight is 385 g/mol. The Hall–Kier alpha value is -2.48. The fraction of sp³-hybridized carbons (Fsp3) is 0.474. The number of carbonyl (C=O) groups is 1. The lowest BCUT2D eigenvalue weighted by Crippen LogP contribution is -2.34. The molecule has 8 heteroatoms. The predicted octanol–water partition coefficient (Wildman–Crippen LogP) is 3.20. The van der Waals surface area contributed by atoms with Crippen molar-refractivity contribution in [2.45, 2.75) is 45.2 Å². The number of thiophene rings is 1. The van der Waals surface area contributed by atoms with Gasteiger partial charge >= 0.3 is 0 Å². The molecule has 3 aromatic rings. The summed E-state index contributed by atoms with van der Waals surface area (Å²) in [7, 11) is 0. The number of fused-ring (bicyclic) bond motifs is 1. The number of nitrogens with one attached hydrogen (secondary N) is 2. The first-order valence-electron chi connectivity index (χ1n) is 9.52. The Balaban J connectivity index is 1.36. The third-order valence-electron chi connectivity index (χ3n) is 5.04. The molecule has 0 bridgehead atoms. The lowest BCUT2D eigenvalue weighted by Gasteiger charge is -2.20. The SMILES string of the molecule is O=C(NCCn1ncc2c(NCc3cccs3)ncnc21)C1CCCCC1. The van der Waals surface area contributed by atoms with E-state index in [4.69, 9.17) is 0 Å². The summed E-state index contributed by atoms with van der Waals surface area (Å²) in [5.41, 5.74) is 0.783. The topological polar surface area (TPSA) is 84.7 Å². The van der Waals surface area contributed by atoms with Crippen molar-refractivity contribution in [3.63, 3.8) is 0 Å². The van der Waals surface area contributed by atoms with Gasteiger partial charge in [0.15, 0.2) is 5.65 Å². The quantitative estimate of drug-likeness (QED) is 0.653. The van der Waals surface area contributed by atoms with Crippen molar-refractivity contribution in [3.05, 3.63) is 34.9 Å². The number of carbonyl (C=O) groups excluding carboxylic acids is 1. The molecule has 0 aromatic carbocycles. The van der Waals surface area contributed by atoms with Crippen LogP contribution in [0.1, 0.15) is 37.0 Å². The van der Waals surface area contributed by atoms with Crippen molar-refractivity contribution in [3.8, 4) is 0 Å². The Morgan fingerprint density at radius 3 is 2.96 bits per heavy atom. The molecule has 0 saturated heterocycles. The molecule has 1 aliphatic carbocycles. The van der Waals surface area contributed by atoms with Gasteiger partial charge in [-0.25, -0.2) is 14.6 Å². The molecule has 1 saturated carbocycles. The number of hydrogen-bond donors (Lipinski definition) is 2. The Bertz CT molecular complexity index is 885. The van der Waals surface area contributed by atoms with E-state index in [2.05, 4.69) is 37.1 Å². The zero-order valence-corrected chi connectivity index (χ0v) is 16.0. The molecule has 3 heterocycles. The number of rotatable bonds is 7. The van der Waals surface area contributed by atoms with Gasteiger partial charge in [-0.05, 0) is 24.3 Å². The van der Waals surface area contributed by atoms with E-state index in [-0.39, 0.29) is 11.8 Å². The molecule has 1 amide bonds. The second-order valence-corrected chi connectivity index (χ2v) is 7.92. The van der Waals surface area contributed by atoms with Crippen LogP contribution in [0, 0.1) is 5.92 Å². The molecule has 1 fully saturated rings. The summed E-state index contributed by atoms with van der Waals surface area (Å²) in [6.07, 6.45) is 8.96. The zero-order valence-electron chi connectivity index (χ0n) is 15.2. The smallest absolute Gasteiger partial charge is 0.223 e. The van der Waals surface area contributed by atoms with Gasteiger partial charge in [-0.2, -0.15) is 5.10 Å². The molecular weight excluding hydrogens is 360 g/mol. The molecule has 0 radical (unpaired) electrons. The van der Waals surface area contributed by atoms with Crippen molar-refractivity contribution in [1.82, 2.24) is 25.1 Å². The highest BCUT2D eigenvalue weighted by Gasteiger charge is 2.20. The summed E-state index contributed by atoms with van der Waals surface area (Å²) in [6, 6.07) is 4.13. The summed E-state index contributed by atoms with van der Waals surface area (Å²) < 4.78 is 1.83. The first-order chi connectivity index (χ1) is 13.3. The standard InChI is InChI=1S/C19H24N6OS/c26-19(14-5-2-1-3-6-14)20-8-9-25-18-16(12-24-25)17(22-13-23-18)21-11-15-7-4-10-27-15/h4,7,10,12-14H,1-3,5-6,8-9,11H2,(H,20,26)(H,21,22,23). The lowest BCUT2D eigenvalue weighted by molar-refractivity contribution is -0.125. The number of hydrogen-bond acceptors (Lipinski definition) is 6.